The van der Waals surface area contributed by atoms with Crippen molar-refractivity contribution in [3.8, 4) is 6.07 Å². The van der Waals surface area contributed by atoms with Crippen LogP contribution in [0.25, 0.3) is 6.08 Å². The highest BCUT2D eigenvalue weighted by Crippen LogP contribution is 2.28. The van der Waals surface area contributed by atoms with Crippen LogP contribution in [0.3, 0.4) is 0 Å². The van der Waals surface area contributed by atoms with Crippen LogP contribution in [0, 0.1) is 19.8 Å². The molecule has 1 aromatic carbocycles. The number of carbonyl (C=O) groups is 1. The van der Waals surface area contributed by atoms with Gasteiger partial charge in [0.15, 0.2) is 0 Å². The molecular formula is C24H23IN6O3S. The minimum Gasteiger partial charge on any atom is -0.372 e. The molecule has 0 saturated carbocycles. The van der Waals surface area contributed by atoms with Crippen molar-refractivity contribution < 1.29 is 13.7 Å². The number of benzene rings is 1. The number of fused-ring (bicyclic) bond motifs is 1. The number of nitrogens with zero attached hydrogens (tertiary/aromatic N) is 3. The third kappa shape index (κ3) is 5.62. The molecular weight excluding hydrogens is 579 g/mol. The van der Waals surface area contributed by atoms with Crippen LogP contribution in [-0.2, 0) is 28.3 Å². The second kappa shape index (κ2) is 10.3. The Kier molecular flexibility index (Phi) is 7.36. The minimum absolute atomic E-state index is 0.184. The topological polar surface area (TPSA) is 133 Å². The molecule has 0 bridgehead atoms. The third-order valence-electron chi connectivity index (χ3n) is 5.51. The van der Waals surface area contributed by atoms with Gasteiger partial charge < -0.3 is 14.6 Å². The first kappa shape index (κ1) is 25.1. The Bertz CT molecular complexity index is 1440. The highest BCUT2D eigenvalue weighted by Gasteiger charge is 2.30. The molecule has 1 aliphatic heterocycles. The first-order valence-electron chi connectivity index (χ1n) is 10.7. The summed E-state index contributed by atoms with van der Waals surface area (Å²) < 4.78 is 32.9. The summed E-state index contributed by atoms with van der Waals surface area (Å²) in [7, 11) is -1.77. The van der Waals surface area contributed by atoms with Gasteiger partial charge in [0.2, 0.25) is 0 Å². The molecule has 2 aromatic heterocycles. The zero-order valence-electron chi connectivity index (χ0n) is 19.0. The van der Waals surface area contributed by atoms with Gasteiger partial charge in [0.05, 0.1) is 23.6 Å². The molecule has 1 amide bonds. The summed E-state index contributed by atoms with van der Waals surface area (Å²) in [5.41, 5.74) is 2.27. The maximum atomic E-state index is 13.4. The zero-order chi connectivity index (χ0) is 25.2. The van der Waals surface area contributed by atoms with Gasteiger partial charge in [-0.25, -0.2) is 18.7 Å². The minimum atomic E-state index is -3.43. The van der Waals surface area contributed by atoms with Gasteiger partial charge in [0, 0.05) is 24.5 Å². The summed E-state index contributed by atoms with van der Waals surface area (Å²) >= 11 is 1.97. The van der Waals surface area contributed by atoms with E-state index < -0.39 is 21.9 Å². The van der Waals surface area contributed by atoms with Crippen molar-refractivity contribution in [2.45, 2.75) is 30.6 Å². The smallest absolute Gasteiger partial charge is 0.272 e. The van der Waals surface area contributed by atoms with Crippen LogP contribution in [0.5, 0.6) is 0 Å². The maximum Gasteiger partial charge on any atom is 0.272 e. The molecule has 3 atom stereocenters. The Morgan fingerprint density at radius 3 is 2.86 bits per heavy atom. The molecule has 180 valence electrons. The molecule has 0 spiro atoms. The molecule has 1 aliphatic rings. The molecule has 3 aromatic rings. The lowest BCUT2D eigenvalue weighted by Gasteiger charge is -2.22. The van der Waals surface area contributed by atoms with Gasteiger partial charge in [-0.3, -0.25) is 4.79 Å². The average Bonchev–Trinajstić information content (AvgIpc) is 3.11. The lowest BCUT2D eigenvalue weighted by molar-refractivity contribution is 0.0425. The van der Waals surface area contributed by atoms with Gasteiger partial charge in [-0.1, -0.05) is 42.5 Å². The summed E-state index contributed by atoms with van der Waals surface area (Å²) in [5.74, 6) is -0.452. The van der Waals surface area contributed by atoms with Crippen LogP contribution >= 0.6 is 22.6 Å². The third-order valence-corrected chi connectivity index (χ3v) is 7.61. The Morgan fingerprint density at radius 1 is 1.40 bits per heavy atom. The van der Waals surface area contributed by atoms with Gasteiger partial charge in [-0.05, 0) is 47.2 Å². The van der Waals surface area contributed by atoms with Crippen molar-refractivity contribution in [3.05, 3.63) is 81.0 Å². The quantitative estimate of drug-likeness (QED) is 0.289. The fourth-order valence-electron chi connectivity index (χ4n) is 3.76. The molecule has 35 heavy (non-hydrogen) atoms. The van der Waals surface area contributed by atoms with E-state index in [1.165, 1.54) is 12.3 Å². The van der Waals surface area contributed by atoms with E-state index in [-0.39, 0.29) is 22.4 Å². The Hall–Kier alpha value is -3.05. The van der Waals surface area contributed by atoms with Crippen LogP contribution < -0.4 is 10.0 Å². The van der Waals surface area contributed by atoms with Crippen LogP contribution in [0.2, 0.25) is 0 Å². The van der Waals surface area contributed by atoms with Crippen molar-refractivity contribution >= 4 is 50.2 Å². The van der Waals surface area contributed by atoms with Gasteiger partial charge in [0.25, 0.3) is 5.91 Å². The summed E-state index contributed by atoms with van der Waals surface area (Å²) in [4.78, 5) is 17.5. The number of anilines is 1. The monoisotopic (exact) mass is 602 g/mol. The number of hydrogen-bond acceptors (Lipinski definition) is 6. The molecule has 0 aliphatic carbocycles. The summed E-state index contributed by atoms with van der Waals surface area (Å²) in [6.45, 7) is 2.23. The largest absolute Gasteiger partial charge is 0.372 e. The first-order chi connectivity index (χ1) is 16.7. The van der Waals surface area contributed by atoms with Crippen molar-refractivity contribution in [1.29, 1.82) is 10.0 Å². The van der Waals surface area contributed by atoms with Crippen LogP contribution in [0.15, 0.2) is 59.6 Å². The number of amides is 1. The summed E-state index contributed by atoms with van der Waals surface area (Å²) in [6.07, 6.45) is 4.64. The van der Waals surface area contributed by atoms with Gasteiger partial charge >= 0.3 is 0 Å². The molecule has 0 fully saturated rings. The highest BCUT2D eigenvalue weighted by molar-refractivity contribution is 14.1. The lowest BCUT2D eigenvalue weighted by atomic mass is 10.1. The van der Waals surface area contributed by atoms with Crippen LogP contribution in [-0.4, -0.2) is 31.8 Å². The van der Waals surface area contributed by atoms with Gasteiger partial charge in [0.1, 0.15) is 31.1 Å². The standard InChI is InChI=1S/C24H23IN6O3S/c1-15(34-14-16-6-4-3-5-7-16)20-9-8-19-21(35(27,33)30-20)13-31(2)23(19)24(32)29-17-10-18(12-26)28-22(25)11-17/h3-11,13,15,20H,14H2,1-2H3,(H2,27,30,33)(H,28,29,32)/t15-,20-,35?/m1/s1. The summed E-state index contributed by atoms with van der Waals surface area (Å²) in [5, 5.41) is 11.9. The van der Waals surface area contributed by atoms with E-state index in [9.17, 15) is 9.00 Å². The van der Waals surface area contributed by atoms with Crippen LogP contribution in [0.4, 0.5) is 5.69 Å². The lowest BCUT2D eigenvalue weighted by Crippen LogP contribution is -2.40. The predicted molar refractivity (Wildman–Crippen MR) is 141 cm³/mol. The Labute approximate surface area is 217 Å². The number of rotatable bonds is 6. The Balaban J connectivity index is 1.60. The van der Waals surface area contributed by atoms with E-state index in [2.05, 4.69) is 15.0 Å². The fraction of sp³-hybridized carbons (Fsp3) is 0.208. The highest BCUT2D eigenvalue weighted by atomic mass is 127. The number of carbonyl (C=O) groups excluding carboxylic acids is 1. The normalized spacial score (nSPS) is 19.9. The number of ether oxygens (including phenoxy) is 1. The number of hydrogen-bond donors (Lipinski definition) is 3. The maximum absolute atomic E-state index is 13.4. The SMILES string of the molecule is C[C@@H](OCc1ccccc1)[C@H]1C=Cc2c(cn(C)c2C(=O)Nc2cc(I)nc(C#N)c2)S(=N)(=O)N1. The molecule has 11 heteroatoms. The van der Waals surface area contributed by atoms with E-state index >= 15 is 0 Å². The van der Waals surface area contributed by atoms with Gasteiger partial charge in [-0.2, -0.15) is 5.26 Å². The van der Waals surface area contributed by atoms with E-state index in [0.717, 1.165) is 5.56 Å². The number of pyridine rings is 1. The van der Waals surface area contributed by atoms with E-state index in [4.69, 9.17) is 14.8 Å². The molecule has 0 radical (unpaired) electrons. The number of nitriles is 1. The number of aromatic nitrogens is 2. The zero-order valence-corrected chi connectivity index (χ0v) is 22.0. The van der Waals surface area contributed by atoms with Crippen LogP contribution in [0.1, 0.15) is 34.2 Å². The fourth-order valence-corrected chi connectivity index (χ4v) is 5.91. The molecule has 9 nitrogen and oxygen atoms in total. The molecule has 3 N–H and O–H groups in total. The number of nitrogens with one attached hydrogen (secondary N) is 3. The van der Waals surface area contributed by atoms with E-state index in [0.29, 0.717) is 21.6 Å². The van der Waals surface area contributed by atoms with Crippen molar-refractivity contribution in [1.82, 2.24) is 14.3 Å². The van der Waals surface area contributed by atoms with Gasteiger partial charge in [-0.15, -0.1) is 0 Å². The Morgan fingerprint density at radius 2 is 2.14 bits per heavy atom. The van der Waals surface area contributed by atoms with Crippen molar-refractivity contribution in [2.75, 3.05) is 5.32 Å². The summed E-state index contributed by atoms with van der Waals surface area (Å²) in [6, 6.07) is 14.3. The predicted octanol–water partition coefficient (Wildman–Crippen LogP) is 4.06. The molecule has 0 saturated heterocycles. The molecule has 3 heterocycles. The average molecular weight is 602 g/mol. The molecule has 4 rings (SSSR count). The van der Waals surface area contributed by atoms with Crippen molar-refractivity contribution in [2.24, 2.45) is 7.05 Å². The second-order valence-corrected chi connectivity index (χ2v) is 11.0. The number of halogens is 1. The van der Waals surface area contributed by atoms with E-state index in [1.54, 1.807) is 29.8 Å². The first-order valence-corrected chi connectivity index (χ1v) is 13.3. The number of aryl methyl sites for hydroxylation is 1. The van der Waals surface area contributed by atoms with Crippen molar-refractivity contribution in [3.63, 3.8) is 0 Å². The van der Waals surface area contributed by atoms with E-state index in [1.807, 2.05) is 65.9 Å². The second-order valence-electron chi connectivity index (χ2n) is 8.06. The molecule has 1 unspecified atom stereocenters.